The van der Waals surface area contributed by atoms with Gasteiger partial charge in [0.1, 0.15) is 12.2 Å². The number of nitrogens with zero attached hydrogens (tertiary/aromatic N) is 1. The summed E-state index contributed by atoms with van der Waals surface area (Å²) in [4.78, 5) is 25.1. The molecule has 134 valence electrons. The number of ether oxygens (including phenoxy) is 2. The van der Waals surface area contributed by atoms with Gasteiger partial charge in [0.05, 0.1) is 5.92 Å². The summed E-state index contributed by atoms with van der Waals surface area (Å²) in [6, 6.07) is 1.11. The molecule has 0 amide bonds. The minimum atomic E-state index is -2.83. The highest BCUT2D eigenvalue weighted by atomic mass is 32.1. The van der Waals surface area contributed by atoms with Gasteiger partial charge in [-0.15, -0.1) is 0 Å². The third-order valence-corrected chi connectivity index (χ3v) is 4.15. The zero-order valence-corrected chi connectivity index (χ0v) is 14.2. The van der Waals surface area contributed by atoms with Gasteiger partial charge in [-0.3, -0.25) is 19.1 Å². The predicted molar refractivity (Wildman–Crippen MR) is 82.3 cm³/mol. The molecule has 4 atom stereocenters. The number of aliphatic hydroxyl groups is 2. The van der Waals surface area contributed by atoms with Crippen LogP contribution in [0.5, 0.6) is 0 Å². The number of nitrogens with one attached hydrogen (secondary N) is 1. The Morgan fingerprint density at radius 1 is 1.54 bits per heavy atom. The summed E-state index contributed by atoms with van der Waals surface area (Å²) in [6.45, 7) is 3.53. The molecule has 0 spiro atoms. The van der Waals surface area contributed by atoms with Crippen molar-refractivity contribution in [2.45, 2.75) is 44.6 Å². The molecule has 1 saturated heterocycles. The highest BCUT2D eigenvalue weighted by molar-refractivity contribution is 7.71. The van der Waals surface area contributed by atoms with Gasteiger partial charge in [0.2, 0.25) is 0 Å². The Hall–Kier alpha value is -1.62. The van der Waals surface area contributed by atoms with Gasteiger partial charge in [0.15, 0.2) is 17.1 Å². The summed E-state index contributed by atoms with van der Waals surface area (Å²) in [5.74, 6) is -3.99. The van der Waals surface area contributed by atoms with Crippen LogP contribution in [-0.4, -0.2) is 50.4 Å². The maximum Gasteiger partial charge on any atom is 0.308 e. The summed E-state index contributed by atoms with van der Waals surface area (Å²) >= 11 is 4.98. The highest BCUT2D eigenvalue weighted by Gasteiger charge is 2.63. The third-order valence-electron chi connectivity index (χ3n) is 3.85. The lowest BCUT2D eigenvalue weighted by atomic mass is 10.0. The largest absolute Gasteiger partial charge is 0.459 e. The van der Waals surface area contributed by atoms with Gasteiger partial charge < -0.3 is 19.7 Å². The van der Waals surface area contributed by atoms with E-state index in [9.17, 15) is 24.2 Å². The molecule has 1 fully saturated rings. The fourth-order valence-electron chi connectivity index (χ4n) is 2.40. The zero-order chi connectivity index (χ0) is 18.3. The van der Waals surface area contributed by atoms with E-state index in [0.29, 0.717) is 0 Å². The van der Waals surface area contributed by atoms with Gasteiger partial charge in [0.25, 0.3) is 11.4 Å². The van der Waals surface area contributed by atoms with Gasteiger partial charge in [-0.1, -0.05) is 13.8 Å². The molecule has 2 heterocycles. The van der Waals surface area contributed by atoms with E-state index in [1.54, 1.807) is 13.8 Å². The number of hydrogen-bond donors (Lipinski definition) is 3. The highest BCUT2D eigenvalue weighted by Crippen LogP contribution is 2.42. The Morgan fingerprint density at radius 2 is 2.17 bits per heavy atom. The van der Waals surface area contributed by atoms with Crippen LogP contribution >= 0.6 is 12.2 Å². The number of carbonyl (C=O) groups excluding carboxylic acids is 1. The maximum atomic E-state index is 14.9. The molecule has 0 aliphatic carbocycles. The molecule has 0 radical (unpaired) electrons. The Morgan fingerprint density at radius 3 is 2.71 bits per heavy atom. The summed E-state index contributed by atoms with van der Waals surface area (Å²) in [5.41, 5.74) is -2.29. The quantitative estimate of drug-likeness (QED) is 0.518. The molecule has 0 unspecified atom stereocenters. The first-order valence-electron chi connectivity index (χ1n) is 7.25. The Kier molecular flexibility index (Phi) is 4.96. The van der Waals surface area contributed by atoms with Crippen molar-refractivity contribution in [1.82, 2.24) is 9.55 Å². The maximum absolute atomic E-state index is 14.9. The third kappa shape index (κ3) is 3.14. The Labute approximate surface area is 141 Å². The smallest absolute Gasteiger partial charge is 0.308 e. The van der Waals surface area contributed by atoms with Crippen LogP contribution in [0, 0.1) is 10.7 Å². The van der Waals surface area contributed by atoms with E-state index >= 15 is 0 Å². The lowest BCUT2D eigenvalue weighted by molar-refractivity contribution is -0.245. The van der Waals surface area contributed by atoms with Crippen LogP contribution in [0.25, 0.3) is 0 Å². The van der Waals surface area contributed by atoms with E-state index in [4.69, 9.17) is 21.7 Å². The minimum Gasteiger partial charge on any atom is -0.459 e. The van der Waals surface area contributed by atoms with Gasteiger partial charge >= 0.3 is 5.97 Å². The summed E-state index contributed by atoms with van der Waals surface area (Å²) < 4.78 is 25.9. The molecule has 2 rings (SSSR count). The normalized spacial score (nSPS) is 33.0. The molecule has 8 nitrogen and oxygen atoms in total. The average molecular weight is 362 g/mol. The Balaban J connectivity index is 2.33. The number of hydrogen-bond acceptors (Lipinski definition) is 7. The van der Waals surface area contributed by atoms with Crippen LogP contribution in [0.2, 0.25) is 0 Å². The second-order valence-corrected chi connectivity index (χ2v) is 6.46. The number of esters is 1. The molecule has 24 heavy (non-hydrogen) atoms. The van der Waals surface area contributed by atoms with Crippen molar-refractivity contribution in [2.75, 3.05) is 6.61 Å². The number of carbonyl (C=O) groups is 1. The first-order chi connectivity index (χ1) is 11.0. The SMILES string of the molecule is CC(C)C(=O)OC[C@@]1(F)O[C@@](C)(n2ccc(=O)[nH]c2=S)[C@H](O)[C@@H]1O. The fourth-order valence-corrected chi connectivity index (χ4v) is 2.75. The molecule has 3 N–H and O–H groups in total. The molecule has 1 aromatic heterocycles. The number of alkyl halides is 1. The number of halogens is 1. The van der Waals surface area contributed by atoms with Crippen LogP contribution in [0.1, 0.15) is 20.8 Å². The monoisotopic (exact) mass is 362 g/mol. The van der Waals surface area contributed by atoms with Crippen LogP contribution < -0.4 is 5.56 Å². The van der Waals surface area contributed by atoms with Crippen molar-refractivity contribution in [2.24, 2.45) is 5.92 Å². The van der Waals surface area contributed by atoms with E-state index in [1.165, 1.54) is 13.1 Å². The van der Waals surface area contributed by atoms with E-state index in [0.717, 1.165) is 10.6 Å². The van der Waals surface area contributed by atoms with Crippen molar-refractivity contribution in [1.29, 1.82) is 0 Å². The van der Waals surface area contributed by atoms with Crippen molar-refractivity contribution >= 4 is 18.2 Å². The molecule has 0 bridgehead atoms. The van der Waals surface area contributed by atoms with Crippen LogP contribution in [-0.2, 0) is 20.0 Å². The molecule has 1 aliphatic rings. The topological polar surface area (TPSA) is 114 Å². The summed E-state index contributed by atoms with van der Waals surface area (Å²) in [5, 5.41) is 20.3. The number of rotatable bonds is 4. The van der Waals surface area contributed by atoms with Crippen molar-refractivity contribution in [3.05, 3.63) is 27.4 Å². The number of H-pyrrole nitrogens is 1. The summed E-state index contributed by atoms with van der Waals surface area (Å²) in [7, 11) is 0. The molecule has 1 aliphatic heterocycles. The van der Waals surface area contributed by atoms with Gasteiger partial charge in [-0.2, -0.15) is 0 Å². The lowest BCUT2D eigenvalue weighted by Crippen LogP contribution is -2.45. The van der Waals surface area contributed by atoms with E-state index in [-0.39, 0.29) is 4.77 Å². The Bertz CT molecular complexity index is 749. The molecule has 10 heteroatoms. The molecule has 0 saturated carbocycles. The van der Waals surface area contributed by atoms with Crippen molar-refractivity contribution in [3.63, 3.8) is 0 Å². The predicted octanol–water partition coefficient (Wildman–Crippen LogP) is 0.196. The first kappa shape index (κ1) is 18.7. The lowest BCUT2D eigenvalue weighted by Gasteiger charge is -2.30. The zero-order valence-electron chi connectivity index (χ0n) is 13.4. The number of aromatic amines is 1. The number of aliphatic hydroxyl groups excluding tert-OH is 2. The summed E-state index contributed by atoms with van der Waals surface area (Å²) in [6.07, 6.45) is -2.50. The molecular formula is C14H19FN2O6S. The van der Waals surface area contributed by atoms with Gasteiger partial charge in [0, 0.05) is 12.3 Å². The van der Waals surface area contributed by atoms with Crippen molar-refractivity contribution in [3.8, 4) is 0 Å². The van der Waals surface area contributed by atoms with Gasteiger partial charge in [-0.25, -0.2) is 4.39 Å². The van der Waals surface area contributed by atoms with E-state index in [1.807, 2.05) is 0 Å². The van der Waals surface area contributed by atoms with E-state index in [2.05, 4.69) is 4.98 Å². The fraction of sp³-hybridized carbons (Fsp3) is 0.643. The average Bonchev–Trinajstić information content (AvgIpc) is 2.66. The second-order valence-electron chi connectivity index (χ2n) is 6.08. The minimum absolute atomic E-state index is 0.125. The van der Waals surface area contributed by atoms with Crippen LogP contribution in [0.15, 0.2) is 17.1 Å². The second kappa shape index (κ2) is 6.36. The van der Waals surface area contributed by atoms with Crippen molar-refractivity contribution < 1.29 is 28.9 Å². The van der Waals surface area contributed by atoms with Crippen LogP contribution in [0.4, 0.5) is 4.39 Å². The molecule has 1 aromatic rings. The van der Waals surface area contributed by atoms with Gasteiger partial charge in [-0.05, 0) is 19.1 Å². The molecular weight excluding hydrogens is 343 g/mol. The molecule has 0 aromatic carbocycles. The first-order valence-corrected chi connectivity index (χ1v) is 7.66. The standard InChI is InChI=1S/C14H19FN2O6S/c1-7(2)11(21)22-6-14(15)10(20)9(19)13(3,23-14)17-5-4-8(18)16-12(17)24/h4-5,7,9-10,19-20H,6H2,1-3H3,(H,16,18,24)/t9-,10+,13-,14-/m1/s1. The van der Waals surface area contributed by atoms with E-state index < -0.39 is 47.8 Å². The number of aromatic nitrogens is 2. The van der Waals surface area contributed by atoms with Crippen LogP contribution in [0.3, 0.4) is 0 Å².